The Hall–Kier alpha value is -3.46. The number of fused-ring (bicyclic) bond motifs is 1. The number of nitrogens with one attached hydrogen (secondary N) is 1. The van der Waals surface area contributed by atoms with E-state index in [1.54, 1.807) is 32.4 Å². The summed E-state index contributed by atoms with van der Waals surface area (Å²) in [7, 11) is 3.13. The smallest absolute Gasteiger partial charge is 0.203 e. The summed E-state index contributed by atoms with van der Waals surface area (Å²) >= 11 is 0. The lowest BCUT2D eigenvalue weighted by atomic mass is 10.1. The van der Waals surface area contributed by atoms with Crippen molar-refractivity contribution in [2.75, 3.05) is 20.8 Å². The van der Waals surface area contributed by atoms with E-state index in [9.17, 15) is 5.26 Å². The van der Waals surface area contributed by atoms with E-state index >= 15 is 0 Å². The average molecular weight is 349 g/mol. The number of nitrogens with zero attached hydrogens (tertiary/aromatic N) is 2. The Morgan fingerprint density at radius 1 is 1.19 bits per heavy atom. The topological polar surface area (TPSA) is 80.2 Å². The van der Waals surface area contributed by atoms with Gasteiger partial charge in [0.2, 0.25) is 5.75 Å². The molecule has 0 amide bonds. The molecule has 0 spiro atoms. The molecule has 0 bridgehead atoms. The van der Waals surface area contributed by atoms with Gasteiger partial charge in [0.25, 0.3) is 0 Å². The van der Waals surface area contributed by atoms with Crippen molar-refractivity contribution in [2.24, 2.45) is 0 Å². The lowest BCUT2D eigenvalue weighted by Crippen LogP contribution is -1.99. The average Bonchev–Trinajstić information content (AvgIpc) is 3.10. The molecule has 0 saturated carbocycles. The largest absolute Gasteiger partial charge is 0.493 e. The van der Waals surface area contributed by atoms with Crippen LogP contribution in [0.2, 0.25) is 0 Å². The van der Waals surface area contributed by atoms with Gasteiger partial charge in [0.1, 0.15) is 11.9 Å². The van der Waals surface area contributed by atoms with Gasteiger partial charge in [-0.25, -0.2) is 4.98 Å². The van der Waals surface area contributed by atoms with E-state index < -0.39 is 0 Å². The minimum absolute atomic E-state index is 0.412. The molecule has 1 N–H and O–H groups in total. The van der Waals surface area contributed by atoms with Crippen molar-refractivity contribution in [3.63, 3.8) is 0 Å². The van der Waals surface area contributed by atoms with Gasteiger partial charge in [-0.1, -0.05) is 12.1 Å². The van der Waals surface area contributed by atoms with Crippen molar-refractivity contribution in [1.82, 2.24) is 9.97 Å². The van der Waals surface area contributed by atoms with Crippen LogP contribution in [0.5, 0.6) is 17.2 Å². The normalized spacial score (nSPS) is 11.2. The number of allylic oxidation sites excluding steroid dienone is 1. The number of aromatic nitrogens is 2. The first-order valence-corrected chi connectivity index (χ1v) is 8.15. The molecule has 2 aromatic carbocycles. The Bertz CT molecular complexity index is 941. The molecule has 6 nitrogen and oxygen atoms in total. The number of aromatic amines is 1. The Kier molecular flexibility index (Phi) is 5.09. The third-order valence-electron chi connectivity index (χ3n) is 3.85. The first-order chi connectivity index (χ1) is 12.7. The summed E-state index contributed by atoms with van der Waals surface area (Å²) in [5, 5.41) is 9.59. The van der Waals surface area contributed by atoms with Crippen LogP contribution in [0, 0.1) is 11.3 Å². The van der Waals surface area contributed by atoms with Crippen molar-refractivity contribution in [3.05, 3.63) is 47.8 Å². The van der Waals surface area contributed by atoms with Gasteiger partial charge in [-0.3, -0.25) is 0 Å². The van der Waals surface area contributed by atoms with Crippen LogP contribution in [0.25, 0.3) is 22.7 Å². The fourth-order valence-electron chi connectivity index (χ4n) is 2.67. The highest BCUT2D eigenvalue weighted by Crippen LogP contribution is 2.39. The number of methoxy groups -OCH3 is 2. The number of ether oxygens (including phenoxy) is 3. The number of benzene rings is 2. The van der Waals surface area contributed by atoms with Gasteiger partial charge in [-0.2, -0.15) is 5.26 Å². The molecule has 1 aromatic heterocycles. The van der Waals surface area contributed by atoms with Gasteiger partial charge in [0.05, 0.1) is 37.4 Å². The summed E-state index contributed by atoms with van der Waals surface area (Å²) in [6.07, 6.45) is 1.73. The summed E-state index contributed by atoms with van der Waals surface area (Å²) in [6.45, 7) is 2.38. The first kappa shape index (κ1) is 17.4. The van der Waals surface area contributed by atoms with Crippen LogP contribution >= 0.6 is 0 Å². The maximum atomic E-state index is 9.59. The summed E-state index contributed by atoms with van der Waals surface area (Å²) in [5.41, 5.74) is 2.85. The Labute approximate surface area is 151 Å². The van der Waals surface area contributed by atoms with Gasteiger partial charge >= 0.3 is 0 Å². The van der Waals surface area contributed by atoms with E-state index in [0.717, 1.165) is 16.6 Å². The Balaban J connectivity index is 2.07. The van der Waals surface area contributed by atoms with Crippen molar-refractivity contribution in [1.29, 1.82) is 5.26 Å². The molecule has 6 heteroatoms. The van der Waals surface area contributed by atoms with Crippen LogP contribution in [0.15, 0.2) is 36.4 Å². The van der Waals surface area contributed by atoms with Crippen molar-refractivity contribution in [3.8, 4) is 23.3 Å². The van der Waals surface area contributed by atoms with Crippen molar-refractivity contribution in [2.45, 2.75) is 6.92 Å². The SMILES string of the molecule is CCOc1c(OC)cc(/C=C(/C#N)c2nc3ccccc3[nH]2)cc1OC. The molecule has 1 heterocycles. The predicted octanol–water partition coefficient (Wildman–Crippen LogP) is 4.04. The molecular formula is C20H19N3O3. The van der Waals surface area contributed by atoms with Crippen LogP contribution in [-0.2, 0) is 0 Å². The fourth-order valence-corrected chi connectivity index (χ4v) is 2.67. The molecule has 0 radical (unpaired) electrons. The maximum absolute atomic E-state index is 9.59. The lowest BCUT2D eigenvalue weighted by molar-refractivity contribution is 0.288. The fraction of sp³-hybridized carbons (Fsp3) is 0.200. The zero-order valence-electron chi connectivity index (χ0n) is 14.9. The van der Waals surface area contributed by atoms with Gasteiger partial charge in [0, 0.05) is 0 Å². The second-order valence-electron chi connectivity index (χ2n) is 5.46. The molecule has 132 valence electrons. The molecule has 0 aliphatic heterocycles. The minimum Gasteiger partial charge on any atom is -0.493 e. The molecule has 0 fully saturated rings. The maximum Gasteiger partial charge on any atom is 0.203 e. The summed E-state index contributed by atoms with van der Waals surface area (Å²) in [4.78, 5) is 7.65. The highest BCUT2D eigenvalue weighted by molar-refractivity contribution is 5.90. The van der Waals surface area contributed by atoms with Crippen LogP contribution in [0.1, 0.15) is 18.3 Å². The molecule has 3 rings (SSSR count). The molecule has 3 aromatic rings. The zero-order chi connectivity index (χ0) is 18.5. The molecular weight excluding hydrogens is 330 g/mol. The van der Waals surface area contributed by atoms with Crippen molar-refractivity contribution < 1.29 is 14.2 Å². The number of hydrogen-bond acceptors (Lipinski definition) is 5. The van der Waals surface area contributed by atoms with Crippen LogP contribution in [-0.4, -0.2) is 30.8 Å². The van der Waals surface area contributed by atoms with E-state index in [-0.39, 0.29) is 0 Å². The third kappa shape index (κ3) is 3.33. The zero-order valence-corrected chi connectivity index (χ0v) is 14.9. The lowest BCUT2D eigenvalue weighted by Gasteiger charge is -2.14. The van der Waals surface area contributed by atoms with Gasteiger partial charge < -0.3 is 19.2 Å². The Morgan fingerprint density at radius 2 is 1.88 bits per heavy atom. The number of rotatable bonds is 6. The number of H-pyrrole nitrogens is 1. The number of nitriles is 1. The third-order valence-corrected chi connectivity index (χ3v) is 3.85. The van der Waals surface area contributed by atoms with Crippen LogP contribution in [0.3, 0.4) is 0 Å². The first-order valence-electron chi connectivity index (χ1n) is 8.15. The van der Waals surface area contributed by atoms with E-state index in [4.69, 9.17) is 14.2 Å². The van der Waals surface area contributed by atoms with Gasteiger partial charge in [-0.15, -0.1) is 0 Å². The molecule has 0 unspecified atom stereocenters. The quantitative estimate of drug-likeness (QED) is 0.679. The summed E-state index contributed by atoms with van der Waals surface area (Å²) in [6, 6.07) is 13.4. The standard InChI is InChI=1S/C20H19N3O3/c1-4-26-19-17(24-2)10-13(11-18(19)25-3)9-14(12-21)20-22-15-7-5-6-8-16(15)23-20/h5-11H,4H2,1-3H3,(H,22,23)/b14-9-. The second-order valence-corrected chi connectivity index (χ2v) is 5.46. The molecule has 0 aliphatic rings. The van der Waals surface area contributed by atoms with Gasteiger partial charge in [-0.05, 0) is 42.8 Å². The predicted molar refractivity (Wildman–Crippen MR) is 100 cm³/mol. The van der Waals surface area contributed by atoms with Crippen molar-refractivity contribution >= 4 is 22.7 Å². The highest BCUT2D eigenvalue weighted by Gasteiger charge is 2.14. The van der Waals surface area contributed by atoms with E-state index in [1.807, 2.05) is 31.2 Å². The molecule has 0 atom stereocenters. The highest BCUT2D eigenvalue weighted by atomic mass is 16.5. The summed E-state index contributed by atoms with van der Waals surface area (Å²) in [5.74, 6) is 2.14. The van der Waals surface area contributed by atoms with E-state index in [1.165, 1.54) is 0 Å². The Morgan fingerprint density at radius 3 is 2.46 bits per heavy atom. The van der Waals surface area contributed by atoms with E-state index in [2.05, 4.69) is 16.0 Å². The number of imidazole rings is 1. The monoisotopic (exact) mass is 349 g/mol. The van der Waals surface area contributed by atoms with E-state index in [0.29, 0.717) is 35.3 Å². The van der Waals surface area contributed by atoms with Gasteiger partial charge in [0.15, 0.2) is 11.5 Å². The summed E-state index contributed by atoms with van der Waals surface area (Å²) < 4.78 is 16.4. The second kappa shape index (κ2) is 7.62. The van der Waals surface area contributed by atoms with Crippen LogP contribution < -0.4 is 14.2 Å². The molecule has 0 aliphatic carbocycles. The minimum atomic E-state index is 0.412. The number of para-hydroxylation sites is 2. The number of hydrogen-bond donors (Lipinski definition) is 1. The van der Waals surface area contributed by atoms with Crippen LogP contribution in [0.4, 0.5) is 0 Å². The molecule has 0 saturated heterocycles. The molecule has 26 heavy (non-hydrogen) atoms.